The minimum absolute atomic E-state index is 0.374. The predicted octanol–water partition coefficient (Wildman–Crippen LogP) is 14.1. The number of fused-ring (bicyclic) bond motifs is 8. The molecule has 0 saturated heterocycles. The Morgan fingerprint density at radius 1 is 0.484 bits per heavy atom. The number of amides is 2. The zero-order valence-electron chi connectivity index (χ0n) is 35.8. The SMILES string of the molecule is CCCCCc1c2nc(c(CCCCC)c3ccc([nH]3)c(-c3ccc(N4C(=O)c5ccc(S)c6c(S)ccc(c56)C4=O)cc3)c3nc(c(CCCCC)c4ccc1[nH]4)C=C3)C=C2. The van der Waals surface area contributed by atoms with Crippen molar-refractivity contribution in [2.45, 2.75) is 108 Å². The summed E-state index contributed by atoms with van der Waals surface area (Å²) in [4.78, 5) is 49.4. The van der Waals surface area contributed by atoms with Gasteiger partial charge in [0, 0.05) is 76.0 Å². The van der Waals surface area contributed by atoms with Crippen molar-refractivity contribution >= 4 is 99.9 Å². The van der Waals surface area contributed by atoms with E-state index in [0.717, 1.165) is 127 Å². The molecule has 6 aromatic rings. The van der Waals surface area contributed by atoms with Gasteiger partial charge in [-0.3, -0.25) is 9.59 Å². The van der Waals surface area contributed by atoms with Crippen molar-refractivity contribution in [3.05, 3.63) is 123 Å². The molecule has 9 rings (SSSR count). The first-order valence-electron chi connectivity index (χ1n) is 22.4. The van der Waals surface area contributed by atoms with Gasteiger partial charge in [0.05, 0.1) is 28.5 Å². The monoisotopic (exact) mass is 855 g/mol. The van der Waals surface area contributed by atoms with E-state index in [-0.39, 0.29) is 11.8 Å². The van der Waals surface area contributed by atoms with Gasteiger partial charge in [-0.2, -0.15) is 0 Å². The molecule has 0 aliphatic carbocycles. The third-order valence-electron chi connectivity index (χ3n) is 12.6. The summed E-state index contributed by atoms with van der Waals surface area (Å²) in [5, 5.41) is 1.31. The van der Waals surface area contributed by atoms with Crippen LogP contribution in [0.25, 0.3) is 68.3 Å². The molecule has 0 atom stereocenters. The fourth-order valence-electron chi connectivity index (χ4n) is 9.29. The number of benzene rings is 3. The van der Waals surface area contributed by atoms with Crippen LogP contribution in [-0.4, -0.2) is 31.8 Å². The smallest absolute Gasteiger partial charge is 0.265 e. The Morgan fingerprint density at radius 3 is 1.37 bits per heavy atom. The van der Waals surface area contributed by atoms with Crippen LogP contribution in [0.5, 0.6) is 0 Å². The van der Waals surface area contributed by atoms with Gasteiger partial charge >= 0.3 is 0 Å². The fraction of sp³-hybridized carbons (Fsp3) is 0.283. The van der Waals surface area contributed by atoms with E-state index in [0.29, 0.717) is 37.4 Å². The summed E-state index contributed by atoms with van der Waals surface area (Å²) in [6.45, 7) is 6.74. The summed E-state index contributed by atoms with van der Waals surface area (Å²) in [6.07, 6.45) is 21.6. The number of aryl methyl sites for hydroxylation is 3. The maximum Gasteiger partial charge on any atom is 0.265 e. The van der Waals surface area contributed by atoms with E-state index in [1.807, 2.05) is 24.3 Å². The van der Waals surface area contributed by atoms with E-state index in [1.165, 1.54) is 28.0 Å². The molecule has 2 N–H and O–H groups in total. The summed E-state index contributed by atoms with van der Waals surface area (Å²) in [7, 11) is 0. The quantitative estimate of drug-likeness (QED) is 0.0498. The van der Waals surface area contributed by atoms with E-state index in [2.05, 4.69) is 105 Å². The lowest BCUT2D eigenvalue weighted by atomic mass is 9.93. The van der Waals surface area contributed by atoms with Gasteiger partial charge in [0.1, 0.15) is 0 Å². The standard InChI is InChI=1S/C53H53N5O2S2/c1-4-7-10-13-34-39-22-24-41(54-39)35(14-11-8-5-2)43-26-28-45(56-43)49(46-29-27-44(57-46)36(15-12-9-6-3)42-25-23-40(34)55-42)32-16-18-33(19-17-32)58-52(59)37-20-30-47(61)51-48(62)31-21-38(50(37)51)53(58)60/h16-31,54,57,61-62H,4-15H2,1-3H3. The summed E-state index contributed by atoms with van der Waals surface area (Å²) in [6, 6.07) is 23.6. The van der Waals surface area contributed by atoms with Crippen LogP contribution >= 0.6 is 25.3 Å². The molecule has 8 bridgehead atoms. The number of imide groups is 1. The number of carbonyl (C=O) groups excluding carboxylic acids is 2. The normalized spacial score (nSPS) is 13.3. The van der Waals surface area contributed by atoms with Crippen molar-refractivity contribution in [3.63, 3.8) is 0 Å². The summed E-state index contributed by atoms with van der Waals surface area (Å²) < 4.78 is 0. The first-order valence-corrected chi connectivity index (χ1v) is 23.3. The van der Waals surface area contributed by atoms with Crippen LogP contribution in [0.15, 0.2) is 82.6 Å². The first kappa shape index (κ1) is 41.7. The molecule has 314 valence electrons. The molecule has 3 aromatic heterocycles. The number of aromatic nitrogens is 4. The largest absolute Gasteiger partial charge is 0.355 e. The van der Waals surface area contributed by atoms with Crippen LogP contribution in [0.1, 0.15) is 139 Å². The van der Waals surface area contributed by atoms with Gasteiger partial charge in [-0.05, 0) is 129 Å². The highest BCUT2D eigenvalue weighted by Crippen LogP contribution is 2.40. The molecule has 9 heteroatoms. The molecule has 3 aliphatic heterocycles. The zero-order chi connectivity index (χ0) is 42.9. The van der Waals surface area contributed by atoms with Crippen LogP contribution in [0, 0.1) is 0 Å². The number of rotatable bonds is 14. The number of thiol groups is 2. The summed E-state index contributed by atoms with van der Waals surface area (Å²) in [5.74, 6) is -0.748. The molecule has 0 radical (unpaired) electrons. The lowest BCUT2D eigenvalue weighted by molar-refractivity contribution is 0.0893. The Hall–Kier alpha value is -5.64. The Bertz CT molecular complexity index is 2910. The molecule has 2 amide bonds. The predicted molar refractivity (Wildman–Crippen MR) is 264 cm³/mol. The summed E-state index contributed by atoms with van der Waals surface area (Å²) >= 11 is 9.27. The van der Waals surface area contributed by atoms with Gasteiger partial charge in [-0.1, -0.05) is 71.4 Å². The molecule has 0 saturated carbocycles. The van der Waals surface area contributed by atoms with Gasteiger partial charge in [0.2, 0.25) is 0 Å². The van der Waals surface area contributed by atoms with Crippen molar-refractivity contribution in [2.24, 2.45) is 0 Å². The number of nitrogens with one attached hydrogen (secondary N) is 2. The van der Waals surface area contributed by atoms with Crippen molar-refractivity contribution < 1.29 is 9.59 Å². The molecular formula is C53H53N5O2S2. The Morgan fingerprint density at radius 2 is 0.903 bits per heavy atom. The van der Waals surface area contributed by atoms with Gasteiger partial charge in [0.25, 0.3) is 11.8 Å². The van der Waals surface area contributed by atoms with Crippen LogP contribution in [0.4, 0.5) is 5.69 Å². The van der Waals surface area contributed by atoms with E-state index in [9.17, 15) is 9.59 Å². The van der Waals surface area contributed by atoms with Crippen molar-refractivity contribution in [1.82, 2.24) is 19.9 Å². The lowest BCUT2D eigenvalue weighted by Crippen LogP contribution is -2.40. The number of carbonyl (C=O) groups is 2. The van der Waals surface area contributed by atoms with Crippen LogP contribution in [0.2, 0.25) is 0 Å². The minimum atomic E-state index is -0.374. The third-order valence-corrected chi connectivity index (χ3v) is 13.3. The number of nitrogens with zero attached hydrogens (tertiary/aromatic N) is 3. The second kappa shape index (κ2) is 18.0. The van der Waals surface area contributed by atoms with Crippen molar-refractivity contribution in [2.75, 3.05) is 4.90 Å². The van der Waals surface area contributed by atoms with Gasteiger partial charge in [-0.25, -0.2) is 14.9 Å². The molecule has 62 heavy (non-hydrogen) atoms. The Balaban J connectivity index is 1.24. The Kier molecular flexibility index (Phi) is 12.1. The highest BCUT2D eigenvalue weighted by atomic mass is 32.1. The highest BCUT2D eigenvalue weighted by Gasteiger charge is 2.35. The highest BCUT2D eigenvalue weighted by molar-refractivity contribution is 7.81. The minimum Gasteiger partial charge on any atom is -0.355 e. The van der Waals surface area contributed by atoms with Gasteiger partial charge in [-0.15, -0.1) is 25.3 Å². The Labute approximate surface area is 374 Å². The molecule has 3 aliphatic rings. The van der Waals surface area contributed by atoms with Crippen LogP contribution in [0.3, 0.4) is 0 Å². The number of hydrogen-bond acceptors (Lipinski definition) is 6. The molecule has 7 nitrogen and oxygen atoms in total. The zero-order valence-corrected chi connectivity index (χ0v) is 37.6. The topological polar surface area (TPSA) is 94.7 Å². The molecule has 3 aromatic carbocycles. The van der Waals surface area contributed by atoms with E-state index >= 15 is 0 Å². The lowest BCUT2D eigenvalue weighted by Gasteiger charge is -2.28. The maximum atomic E-state index is 14.1. The molecule has 0 unspecified atom stereocenters. The molecule has 0 spiro atoms. The fourth-order valence-corrected chi connectivity index (χ4v) is 9.99. The number of anilines is 1. The second-order valence-electron chi connectivity index (χ2n) is 16.7. The number of unbranched alkanes of at least 4 members (excludes halogenated alkanes) is 6. The van der Waals surface area contributed by atoms with E-state index < -0.39 is 0 Å². The number of aromatic amines is 2. The first-order chi connectivity index (χ1) is 30.3. The average molecular weight is 856 g/mol. The van der Waals surface area contributed by atoms with Crippen molar-refractivity contribution in [3.8, 4) is 11.1 Å². The molecule has 0 fully saturated rings. The van der Waals surface area contributed by atoms with Crippen molar-refractivity contribution in [1.29, 1.82) is 0 Å². The van der Waals surface area contributed by atoms with E-state index in [4.69, 9.17) is 9.97 Å². The van der Waals surface area contributed by atoms with Gasteiger partial charge < -0.3 is 9.97 Å². The number of H-pyrrole nitrogens is 2. The second-order valence-corrected chi connectivity index (χ2v) is 17.7. The maximum absolute atomic E-state index is 14.1. The van der Waals surface area contributed by atoms with E-state index in [1.54, 1.807) is 24.3 Å². The average Bonchev–Trinajstić information content (AvgIpc) is 4.13. The number of hydrogen-bond donors (Lipinski definition) is 4. The van der Waals surface area contributed by atoms with Gasteiger partial charge in [0.15, 0.2) is 0 Å². The van der Waals surface area contributed by atoms with Crippen LogP contribution < -0.4 is 4.90 Å². The third kappa shape index (κ3) is 7.75. The van der Waals surface area contributed by atoms with Crippen LogP contribution in [-0.2, 0) is 19.3 Å². The molecule has 6 heterocycles. The molecular weight excluding hydrogens is 803 g/mol. The summed E-state index contributed by atoms with van der Waals surface area (Å²) in [5.41, 5.74) is 15.0.